The van der Waals surface area contributed by atoms with Crippen molar-refractivity contribution in [3.8, 4) is 0 Å². The van der Waals surface area contributed by atoms with Crippen LogP contribution in [0.4, 0.5) is 0 Å². The molecule has 1 aliphatic heterocycles. The van der Waals surface area contributed by atoms with E-state index in [1.807, 2.05) is 13.8 Å². The van der Waals surface area contributed by atoms with Crippen molar-refractivity contribution in [2.24, 2.45) is 5.92 Å². The van der Waals surface area contributed by atoms with Crippen molar-refractivity contribution in [2.45, 2.75) is 19.4 Å². The minimum absolute atomic E-state index is 0.574. The van der Waals surface area contributed by atoms with Crippen molar-refractivity contribution in [1.29, 1.82) is 0 Å². The average molecular weight is 172 g/mol. The van der Waals surface area contributed by atoms with Gasteiger partial charge in [-0.05, 0) is 26.8 Å². The molecule has 1 saturated heterocycles. The number of hydrogen-bond donors (Lipinski definition) is 2. The lowest BCUT2D eigenvalue weighted by Crippen LogP contribution is -2.49. The third-order valence-electron chi connectivity index (χ3n) is 2.13. The average Bonchev–Trinajstić information content (AvgIpc) is 1.81. The van der Waals surface area contributed by atoms with E-state index >= 15 is 0 Å². The Hall–Kier alpha value is -0.120. The first kappa shape index (κ1) is 9.96. The summed E-state index contributed by atoms with van der Waals surface area (Å²) < 4.78 is 0. The van der Waals surface area contributed by atoms with Gasteiger partial charge in [0.2, 0.25) is 0 Å². The second-order valence-electron chi connectivity index (χ2n) is 4.53. The standard InChI is InChI=1S/C9H20N2O/c1-9(2,12)7-10-4-8-5-11(3)6-8/h8,10,12H,4-7H2,1-3H3. The highest BCUT2D eigenvalue weighted by molar-refractivity contribution is 4.79. The summed E-state index contributed by atoms with van der Waals surface area (Å²) in [7, 11) is 2.13. The SMILES string of the molecule is CN1CC(CNCC(C)(C)O)C1. The van der Waals surface area contributed by atoms with Crippen LogP contribution in [-0.4, -0.2) is 48.8 Å². The molecule has 0 aliphatic carbocycles. The van der Waals surface area contributed by atoms with Crippen LogP contribution in [-0.2, 0) is 0 Å². The molecule has 12 heavy (non-hydrogen) atoms. The summed E-state index contributed by atoms with van der Waals surface area (Å²) in [5, 5.41) is 12.7. The smallest absolute Gasteiger partial charge is 0.0715 e. The molecular formula is C9H20N2O. The molecule has 0 amide bonds. The van der Waals surface area contributed by atoms with Crippen molar-refractivity contribution in [2.75, 3.05) is 33.2 Å². The van der Waals surface area contributed by atoms with Crippen LogP contribution < -0.4 is 5.32 Å². The highest BCUT2D eigenvalue weighted by atomic mass is 16.3. The first-order valence-electron chi connectivity index (χ1n) is 4.59. The van der Waals surface area contributed by atoms with Crippen molar-refractivity contribution in [3.63, 3.8) is 0 Å². The quantitative estimate of drug-likeness (QED) is 0.622. The summed E-state index contributed by atoms with van der Waals surface area (Å²) in [4.78, 5) is 2.30. The topological polar surface area (TPSA) is 35.5 Å². The van der Waals surface area contributed by atoms with Crippen LogP contribution in [0.15, 0.2) is 0 Å². The van der Waals surface area contributed by atoms with Crippen LogP contribution in [0, 0.1) is 5.92 Å². The third kappa shape index (κ3) is 3.52. The normalized spacial score (nSPS) is 21.0. The molecule has 72 valence electrons. The number of rotatable bonds is 4. The zero-order chi connectivity index (χ0) is 9.19. The lowest BCUT2D eigenvalue weighted by atomic mass is 10.0. The summed E-state index contributed by atoms with van der Waals surface area (Å²) in [5.41, 5.74) is -0.574. The van der Waals surface area contributed by atoms with Gasteiger partial charge in [-0.3, -0.25) is 0 Å². The van der Waals surface area contributed by atoms with Gasteiger partial charge in [0, 0.05) is 26.2 Å². The lowest BCUT2D eigenvalue weighted by molar-refractivity contribution is 0.0716. The first-order chi connectivity index (χ1) is 5.47. The van der Waals surface area contributed by atoms with E-state index in [0.717, 1.165) is 12.5 Å². The summed E-state index contributed by atoms with van der Waals surface area (Å²) in [6, 6.07) is 0. The summed E-state index contributed by atoms with van der Waals surface area (Å²) in [6.07, 6.45) is 0. The Morgan fingerprint density at radius 3 is 2.50 bits per heavy atom. The molecule has 1 heterocycles. The Bertz CT molecular complexity index is 136. The molecule has 0 aromatic carbocycles. The van der Waals surface area contributed by atoms with Crippen LogP contribution in [0.1, 0.15) is 13.8 Å². The van der Waals surface area contributed by atoms with Crippen LogP contribution in [0.25, 0.3) is 0 Å². The number of aliphatic hydroxyl groups is 1. The zero-order valence-electron chi connectivity index (χ0n) is 8.30. The zero-order valence-corrected chi connectivity index (χ0v) is 8.30. The third-order valence-corrected chi connectivity index (χ3v) is 2.13. The van der Waals surface area contributed by atoms with Gasteiger partial charge in [0.15, 0.2) is 0 Å². The van der Waals surface area contributed by atoms with Gasteiger partial charge in [-0.25, -0.2) is 0 Å². The highest BCUT2D eigenvalue weighted by Crippen LogP contribution is 2.11. The summed E-state index contributed by atoms with van der Waals surface area (Å²) in [5.74, 6) is 0.789. The summed E-state index contributed by atoms with van der Waals surface area (Å²) in [6.45, 7) is 7.76. The van der Waals surface area contributed by atoms with Crippen LogP contribution in [0.2, 0.25) is 0 Å². The second-order valence-corrected chi connectivity index (χ2v) is 4.53. The molecule has 2 N–H and O–H groups in total. The molecule has 0 aromatic rings. The molecule has 0 spiro atoms. The van der Waals surface area contributed by atoms with Gasteiger partial charge in [0.25, 0.3) is 0 Å². The summed E-state index contributed by atoms with van der Waals surface area (Å²) >= 11 is 0. The van der Waals surface area contributed by atoms with E-state index < -0.39 is 5.60 Å². The number of nitrogens with zero attached hydrogens (tertiary/aromatic N) is 1. The molecule has 0 radical (unpaired) electrons. The van der Waals surface area contributed by atoms with E-state index in [1.165, 1.54) is 13.1 Å². The number of nitrogens with one attached hydrogen (secondary N) is 1. The van der Waals surface area contributed by atoms with Crippen LogP contribution in [0.5, 0.6) is 0 Å². The van der Waals surface area contributed by atoms with Crippen LogP contribution in [0.3, 0.4) is 0 Å². The maximum absolute atomic E-state index is 9.40. The first-order valence-corrected chi connectivity index (χ1v) is 4.59. The minimum Gasteiger partial charge on any atom is -0.389 e. The van der Waals surface area contributed by atoms with Crippen molar-refractivity contribution < 1.29 is 5.11 Å². The minimum atomic E-state index is -0.574. The fourth-order valence-corrected chi connectivity index (χ4v) is 1.54. The molecule has 0 bridgehead atoms. The Labute approximate surface area is 74.8 Å². The van der Waals surface area contributed by atoms with E-state index in [2.05, 4.69) is 17.3 Å². The maximum Gasteiger partial charge on any atom is 0.0715 e. The second kappa shape index (κ2) is 3.73. The van der Waals surface area contributed by atoms with Gasteiger partial charge >= 0.3 is 0 Å². The number of likely N-dealkylation sites (tertiary alicyclic amines) is 1. The van der Waals surface area contributed by atoms with E-state index in [1.54, 1.807) is 0 Å². The van der Waals surface area contributed by atoms with Gasteiger partial charge in [-0.1, -0.05) is 0 Å². The van der Waals surface area contributed by atoms with Gasteiger partial charge in [-0.15, -0.1) is 0 Å². The molecule has 3 heteroatoms. The molecule has 1 aliphatic rings. The molecule has 0 unspecified atom stereocenters. The predicted octanol–water partition coefficient (Wildman–Crippen LogP) is -0.0915. The molecule has 0 atom stereocenters. The van der Waals surface area contributed by atoms with E-state index in [-0.39, 0.29) is 0 Å². The Morgan fingerprint density at radius 1 is 1.50 bits per heavy atom. The highest BCUT2D eigenvalue weighted by Gasteiger charge is 2.23. The van der Waals surface area contributed by atoms with Crippen LogP contribution >= 0.6 is 0 Å². The molecule has 0 saturated carbocycles. The Kier molecular flexibility index (Phi) is 3.09. The van der Waals surface area contributed by atoms with Gasteiger partial charge in [0.1, 0.15) is 0 Å². The van der Waals surface area contributed by atoms with E-state index in [4.69, 9.17) is 0 Å². The lowest BCUT2D eigenvalue weighted by Gasteiger charge is -2.36. The van der Waals surface area contributed by atoms with E-state index in [0.29, 0.717) is 6.54 Å². The van der Waals surface area contributed by atoms with E-state index in [9.17, 15) is 5.11 Å². The molecule has 1 rings (SSSR count). The Balaban J connectivity index is 1.97. The van der Waals surface area contributed by atoms with Crippen molar-refractivity contribution in [1.82, 2.24) is 10.2 Å². The Morgan fingerprint density at radius 2 is 2.08 bits per heavy atom. The molecule has 0 aromatic heterocycles. The number of hydrogen-bond acceptors (Lipinski definition) is 3. The fraction of sp³-hybridized carbons (Fsp3) is 1.00. The van der Waals surface area contributed by atoms with Gasteiger partial charge < -0.3 is 15.3 Å². The molecule has 1 fully saturated rings. The maximum atomic E-state index is 9.40. The van der Waals surface area contributed by atoms with Gasteiger partial charge in [0.05, 0.1) is 5.60 Å². The largest absolute Gasteiger partial charge is 0.389 e. The molecular weight excluding hydrogens is 152 g/mol. The van der Waals surface area contributed by atoms with Crippen molar-refractivity contribution >= 4 is 0 Å². The molecule has 3 nitrogen and oxygen atoms in total. The van der Waals surface area contributed by atoms with Crippen molar-refractivity contribution in [3.05, 3.63) is 0 Å². The monoisotopic (exact) mass is 172 g/mol. The van der Waals surface area contributed by atoms with Gasteiger partial charge in [-0.2, -0.15) is 0 Å². The predicted molar refractivity (Wildman–Crippen MR) is 50.2 cm³/mol. The fourth-order valence-electron chi connectivity index (χ4n) is 1.54.